The molecule has 30 heavy (non-hydrogen) atoms. The Balaban J connectivity index is 1.87. The maximum absolute atomic E-state index is 12.1. The number of carbonyl (C=O) groups is 2. The first-order valence-electron chi connectivity index (χ1n) is 9.64. The van der Waals surface area contributed by atoms with Crippen molar-refractivity contribution in [1.82, 2.24) is 19.8 Å². The standard InChI is InChI=1S/C21H26ClN5O3/c1-11-9-13(23-14(28)7-8-15(29)30-6)10-12(2)16(11)19-24-20-17(22)18(21(3,4)5)25-27(20)26-19/h9-10,25H,7-8H2,1-6H3,(H,23,28). The summed E-state index contributed by atoms with van der Waals surface area (Å²) in [5.74, 6) is -0.105. The number of hydrogen-bond donors (Lipinski definition) is 2. The highest BCUT2D eigenvalue weighted by Gasteiger charge is 2.25. The van der Waals surface area contributed by atoms with Crippen molar-refractivity contribution < 1.29 is 14.3 Å². The van der Waals surface area contributed by atoms with Crippen LogP contribution in [0.3, 0.4) is 0 Å². The molecule has 0 atom stereocenters. The van der Waals surface area contributed by atoms with Gasteiger partial charge in [-0.2, -0.15) is 4.63 Å². The van der Waals surface area contributed by atoms with Gasteiger partial charge in [0.1, 0.15) is 5.02 Å². The Morgan fingerprint density at radius 3 is 2.37 bits per heavy atom. The molecule has 0 fully saturated rings. The number of esters is 1. The number of benzene rings is 1. The fourth-order valence-electron chi connectivity index (χ4n) is 3.33. The van der Waals surface area contributed by atoms with Gasteiger partial charge in [-0.25, -0.2) is 4.98 Å². The molecule has 0 aliphatic carbocycles. The van der Waals surface area contributed by atoms with Crippen molar-refractivity contribution in [2.75, 3.05) is 12.4 Å². The van der Waals surface area contributed by atoms with Crippen LogP contribution in [0, 0.1) is 13.8 Å². The van der Waals surface area contributed by atoms with E-state index in [0.717, 1.165) is 22.4 Å². The second kappa shape index (κ2) is 8.10. The fraction of sp³-hybridized carbons (Fsp3) is 0.429. The number of aromatic amines is 1. The summed E-state index contributed by atoms with van der Waals surface area (Å²) >= 11 is 6.53. The minimum Gasteiger partial charge on any atom is -0.469 e. The van der Waals surface area contributed by atoms with Gasteiger partial charge in [0.05, 0.1) is 19.2 Å². The van der Waals surface area contributed by atoms with Crippen molar-refractivity contribution in [3.63, 3.8) is 0 Å². The number of carbonyl (C=O) groups excluding carboxylic acids is 2. The van der Waals surface area contributed by atoms with Gasteiger partial charge in [0, 0.05) is 23.1 Å². The van der Waals surface area contributed by atoms with Crippen molar-refractivity contribution in [3.8, 4) is 11.4 Å². The number of rotatable bonds is 5. The first-order chi connectivity index (χ1) is 14.0. The van der Waals surface area contributed by atoms with Crippen LogP contribution in [0.2, 0.25) is 5.02 Å². The van der Waals surface area contributed by atoms with Crippen LogP contribution in [-0.4, -0.2) is 38.8 Å². The Hall–Kier alpha value is -2.87. The summed E-state index contributed by atoms with van der Waals surface area (Å²) in [6, 6.07) is 3.71. The van der Waals surface area contributed by atoms with Crippen molar-refractivity contribution in [1.29, 1.82) is 0 Å². The average Bonchev–Trinajstić information content (AvgIpc) is 3.18. The predicted octanol–water partition coefficient (Wildman–Crippen LogP) is 4.18. The second-order valence-corrected chi connectivity index (χ2v) is 8.71. The third-order valence-electron chi connectivity index (χ3n) is 4.81. The Morgan fingerprint density at radius 2 is 1.83 bits per heavy atom. The Kier molecular flexibility index (Phi) is 5.90. The van der Waals surface area contributed by atoms with Crippen LogP contribution < -0.4 is 5.32 Å². The summed E-state index contributed by atoms with van der Waals surface area (Å²) in [6.45, 7) is 10.1. The molecule has 0 unspecified atom stereocenters. The topological polar surface area (TPSA) is 101 Å². The van der Waals surface area contributed by atoms with Gasteiger partial charge in [-0.15, -0.1) is 5.10 Å². The molecule has 0 saturated carbocycles. The highest BCUT2D eigenvalue weighted by Crippen LogP contribution is 2.33. The van der Waals surface area contributed by atoms with E-state index in [2.05, 4.69) is 46.0 Å². The number of nitrogens with one attached hydrogen (secondary N) is 2. The van der Waals surface area contributed by atoms with Gasteiger partial charge in [-0.3, -0.25) is 14.7 Å². The Labute approximate surface area is 179 Å². The molecule has 1 amide bonds. The number of aryl methyl sites for hydroxylation is 2. The summed E-state index contributed by atoms with van der Waals surface area (Å²) in [5.41, 5.74) is 4.67. The van der Waals surface area contributed by atoms with Crippen LogP contribution in [0.5, 0.6) is 0 Å². The molecule has 0 aliphatic heterocycles. The molecule has 0 bridgehead atoms. The molecule has 0 aliphatic rings. The number of methoxy groups -OCH3 is 1. The van der Waals surface area contributed by atoms with Crippen molar-refractivity contribution in [2.45, 2.75) is 52.9 Å². The van der Waals surface area contributed by atoms with Crippen LogP contribution in [-0.2, 0) is 19.7 Å². The zero-order chi connectivity index (χ0) is 22.2. The van der Waals surface area contributed by atoms with E-state index >= 15 is 0 Å². The number of halogens is 1. The molecule has 8 nitrogen and oxygen atoms in total. The number of aromatic nitrogens is 4. The van der Waals surface area contributed by atoms with Gasteiger partial charge in [-0.05, 0) is 37.1 Å². The third-order valence-corrected chi connectivity index (χ3v) is 5.17. The van der Waals surface area contributed by atoms with Crippen LogP contribution in [0.25, 0.3) is 17.0 Å². The van der Waals surface area contributed by atoms with E-state index in [-0.39, 0.29) is 24.2 Å². The van der Waals surface area contributed by atoms with Crippen molar-refractivity contribution in [2.24, 2.45) is 0 Å². The summed E-state index contributed by atoms with van der Waals surface area (Å²) in [6.07, 6.45) is 0.106. The van der Waals surface area contributed by atoms with Crippen LogP contribution in [0.4, 0.5) is 5.69 Å². The highest BCUT2D eigenvalue weighted by molar-refractivity contribution is 6.34. The fourth-order valence-corrected chi connectivity index (χ4v) is 3.78. The Morgan fingerprint density at radius 1 is 1.20 bits per heavy atom. The zero-order valence-electron chi connectivity index (χ0n) is 18.0. The lowest BCUT2D eigenvalue weighted by atomic mass is 9.92. The normalized spacial score (nSPS) is 11.7. The third kappa shape index (κ3) is 4.33. The lowest BCUT2D eigenvalue weighted by Crippen LogP contribution is -2.14. The van der Waals surface area contributed by atoms with Gasteiger partial charge in [0.25, 0.3) is 0 Å². The lowest BCUT2D eigenvalue weighted by molar-refractivity contribution is -0.141. The molecule has 0 radical (unpaired) electrons. The SMILES string of the molecule is COC(=O)CCC(=O)Nc1cc(C)c(-c2nc3c(Cl)c(C(C)(C)C)[nH]n3n2)c(C)c1. The lowest BCUT2D eigenvalue weighted by Gasteiger charge is -2.16. The van der Waals surface area contributed by atoms with Gasteiger partial charge < -0.3 is 10.1 Å². The van der Waals surface area contributed by atoms with E-state index in [0.29, 0.717) is 22.2 Å². The molecular formula is C21H26ClN5O3. The first-order valence-corrected chi connectivity index (χ1v) is 10.0. The number of anilines is 1. The van der Waals surface area contributed by atoms with E-state index in [1.165, 1.54) is 7.11 Å². The summed E-state index contributed by atoms with van der Waals surface area (Å²) in [7, 11) is 1.30. The van der Waals surface area contributed by atoms with Crippen molar-refractivity contribution >= 4 is 34.8 Å². The summed E-state index contributed by atoms with van der Waals surface area (Å²) < 4.78 is 6.16. The molecule has 1 aromatic carbocycles. The maximum Gasteiger partial charge on any atom is 0.306 e. The van der Waals surface area contributed by atoms with E-state index < -0.39 is 5.97 Å². The average molecular weight is 432 g/mol. The van der Waals surface area contributed by atoms with E-state index in [9.17, 15) is 9.59 Å². The minimum absolute atomic E-state index is 0.0420. The molecule has 3 rings (SSSR count). The summed E-state index contributed by atoms with van der Waals surface area (Å²) in [5, 5.41) is 11.2. The van der Waals surface area contributed by atoms with Gasteiger partial charge in [0.15, 0.2) is 11.5 Å². The first kappa shape index (κ1) is 21.8. The molecule has 3 aromatic rings. The van der Waals surface area contributed by atoms with Gasteiger partial charge in [0.2, 0.25) is 5.91 Å². The van der Waals surface area contributed by atoms with E-state index in [4.69, 9.17) is 11.6 Å². The van der Waals surface area contributed by atoms with Crippen molar-refractivity contribution in [3.05, 3.63) is 34.0 Å². The number of ether oxygens (including phenoxy) is 1. The molecule has 9 heteroatoms. The number of H-pyrrole nitrogens is 1. The largest absolute Gasteiger partial charge is 0.469 e. The molecule has 2 N–H and O–H groups in total. The molecule has 0 spiro atoms. The second-order valence-electron chi connectivity index (χ2n) is 8.33. The van der Waals surface area contributed by atoms with Crippen LogP contribution in [0.1, 0.15) is 50.4 Å². The number of amides is 1. The number of fused-ring (bicyclic) bond motifs is 1. The van der Waals surface area contributed by atoms with Gasteiger partial charge >= 0.3 is 5.97 Å². The highest BCUT2D eigenvalue weighted by atomic mass is 35.5. The van der Waals surface area contributed by atoms with E-state index in [1.807, 2.05) is 26.0 Å². The maximum atomic E-state index is 12.1. The van der Waals surface area contributed by atoms with Crippen LogP contribution >= 0.6 is 11.6 Å². The van der Waals surface area contributed by atoms with E-state index in [1.54, 1.807) is 4.63 Å². The van der Waals surface area contributed by atoms with Crippen LogP contribution in [0.15, 0.2) is 12.1 Å². The molecule has 0 saturated heterocycles. The smallest absolute Gasteiger partial charge is 0.306 e. The number of hydrogen-bond acceptors (Lipinski definition) is 5. The molecule has 2 heterocycles. The molecule has 160 valence electrons. The predicted molar refractivity (Wildman–Crippen MR) is 116 cm³/mol. The monoisotopic (exact) mass is 431 g/mol. The molecule has 2 aromatic heterocycles. The summed E-state index contributed by atoms with van der Waals surface area (Å²) in [4.78, 5) is 27.9. The number of nitrogens with zero attached hydrogens (tertiary/aromatic N) is 3. The quantitative estimate of drug-likeness (QED) is 0.590. The Bertz CT molecular complexity index is 1100. The minimum atomic E-state index is -0.414. The van der Waals surface area contributed by atoms with Gasteiger partial charge in [-0.1, -0.05) is 32.4 Å². The molecular weight excluding hydrogens is 406 g/mol. The zero-order valence-corrected chi connectivity index (χ0v) is 18.8.